The van der Waals surface area contributed by atoms with E-state index in [-0.39, 0.29) is 18.9 Å². The monoisotopic (exact) mass is 1130 g/mol. The van der Waals surface area contributed by atoms with Crippen LogP contribution in [0.5, 0.6) is 0 Å². The zero-order chi connectivity index (χ0) is 58.1. The van der Waals surface area contributed by atoms with Crippen molar-refractivity contribution in [3.63, 3.8) is 0 Å². The number of allylic oxidation sites excluding steroid dienone is 10. The third-order valence-electron chi connectivity index (χ3n) is 15.7. The summed E-state index contributed by atoms with van der Waals surface area (Å²) in [5.74, 6) is -0.262. The fraction of sp³-hybridized carbons (Fsp3) is 0.833. The van der Waals surface area contributed by atoms with Gasteiger partial charge in [0.15, 0.2) is 12.6 Å². The summed E-state index contributed by atoms with van der Waals surface area (Å²) < 4.78 is 22.8. The molecule has 9 N–H and O–H groups in total. The van der Waals surface area contributed by atoms with Crippen molar-refractivity contribution < 1.29 is 64.6 Å². The first-order valence-corrected chi connectivity index (χ1v) is 32.5. The molecule has 0 saturated carbocycles. The Bertz CT molecular complexity index is 1570. The van der Waals surface area contributed by atoms with Crippen molar-refractivity contribution in [2.24, 2.45) is 0 Å². The molecule has 2 saturated heterocycles. The zero-order valence-electron chi connectivity index (χ0n) is 50.3. The summed E-state index contributed by atoms with van der Waals surface area (Å²) in [5, 5.41) is 87.3. The fourth-order valence-electron chi connectivity index (χ4n) is 10.6. The third kappa shape index (κ3) is 35.7. The standard InChI is InChI=1S/C66H119NO13/c1-3-5-7-9-11-13-15-17-19-21-22-23-24-25-26-27-28-29-30-31-32-34-35-37-39-41-43-45-47-49-55(70)54(67-58(71)50-48-46-44-42-40-38-36-33-20-18-16-14-12-10-8-6-4-2)53-77-65-63(76)61(74)64(57(52-69)79-65)80-66-62(75)60(73)59(72)56(51-68)78-66/h6,8,12,14,18,20,36,38,42,44,54-57,59-66,68-70,72-76H,3-5,7,9-11,13,15-17,19,21-35,37,39-41,43,45-53H2,1-2H3,(H,67,71)/b8-6-,14-12-,20-18-,38-36-,44-42-. The Balaban J connectivity index is 1.70. The van der Waals surface area contributed by atoms with E-state index in [2.05, 4.69) is 79.9 Å². The van der Waals surface area contributed by atoms with Crippen molar-refractivity contribution >= 4 is 5.91 Å². The summed E-state index contributed by atoms with van der Waals surface area (Å²) >= 11 is 0. The van der Waals surface area contributed by atoms with Crippen molar-refractivity contribution in [2.45, 2.75) is 331 Å². The highest BCUT2D eigenvalue weighted by Crippen LogP contribution is 2.30. The minimum absolute atomic E-state index is 0.224. The SMILES string of the molecule is CC/C=C\C/C=C\C/C=C\C/C=C\C/C=C\CCCC(=O)NC(COC1OC(CO)C(OC2OC(CO)C(O)C(O)C2O)C(O)C1O)C(O)CCCCCCCCCCCCCCCCCCCCCCCCCCCCCCC. The molecular weight excluding hydrogens is 1010 g/mol. The van der Waals surface area contributed by atoms with Gasteiger partial charge in [0.05, 0.1) is 32.0 Å². The summed E-state index contributed by atoms with van der Waals surface area (Å²) in [4.78, 5) is 13.3. The molecule has 0 spiro atoms. The topological polar surface area (TPSA) is 228 Å². The molecule has 12 atom stereocenters. The molecule has 14 heteroatoms. The number of carbonyl (C=O) groups excluding carboxylic acids is 1. The van der Waals surface area contributed by atoms with Crippen molar-refractivity contribution in [1.82, 2.24) is 5.32 Å². The van der Waals surface area contributed by atoms with Gasteiger partial charge < -0.3 is 65.1 Å². The quantitative estimate of drug-likeness (QED) is 0.0204. The number of aliphatic hydroxyl groups excluding tert-OH is 8. The zero-order valence-corrected chi connectivity index (χ0v) is 50.3. The van der Waals surface area contributed by atoms with Crippen molar-refractivity contribution in [1.29, 1.82) is 0 Å². The number of nitrogens with one attached hydrogen (secondary N) is 1. The van der Waals surface area contributed by atoms with E-state index < -0.39 is 86.8 Å². The Hall–Kier alpha value is -2.31. The molecule has 0 aliphatic carbocycles. The average molecular weight is 1130 g/mol. The molecule has 2 aliphatic rings. The highest BCUT2D eigenvalue weighted by molar-refractivity contribution is 5.76. The Morgan fingerprint density at radius 1 is 0.463 bits per heavy atom. The molecule has 2 rings (SSSR count). The lowest BCUT2D eigenvalue weighted by molar-refractivity contribution is -0.359. The van der Waals surface area contributed by atoms with Gasteiger partial charge in [0.25, 0.3) is 0 Å². The molecule has 2 aliphatic heterocycles. The van der Waals surface area contributed by atoms with E-state index in [1.807, 2.05) is 0 Å². The van der Waals surface area contributed by atoms with E-state index in [4.69, 9.17) is 18.9 Å². The molecule has 0 aromatic heterocycles. The Kier molecular flexibility index (Phi) is 47.2. The van der Waals surface area contributed by atoms with Crippen LogP contribution >= 0.6 is 0 Å². The van der Waals surface area contributed by atoms with Gasteiger partial charge in [0, 0.05) is 6.42 Å². The molecule has 0 radical (unpaired) electrons. The number of amides is 1. The third-order valence-corrected chi connectivity index (χ3v) is 15.7. The molecule has 0 aromatic rings. The van der Waals surface area contributed by atoms with E-state index in [9.17, 15) is 45.6 Å². The lowest BCUT2D eigenvalue weighted by Gasteiger charge is -2.46. The maximum atomic E-state index is 13.3. The van der Waals surface area contributed by atoms with Crippen molar-refractivity contribution in [2.75, 3.05) is 19.8 Å². The molecule has 12 unspecified atom stereocenters. The van der Waals surface area contributed by atoms with Gasteiger partial charge in [0.2, 0.25) is 5.91 Å². The van der Waals surface area contributed by atoms with Crippen LogP contribution in [-0.2, 0) is 23.7 Å². The molecule has 466 valence electrons. The number of hydrogen-bond donors (Lipinski definition) is 9. The molecular formula is C66H119NO13. The Labute approximate surface area is 486 Å². The first-order valence-electron chi connectivity index (χ1n) is 32.5. The molecule has 0 aromatic carbocycles. The second-order valence-corrected chi connectivity index (χ2v) is 22.9. The highest BCUT2D eigenvalue weighted by Gasteiger charge is 2.51. The van der Waals surface area contributed by atoms with Gasteiger partial charge in [0.1, 0.15) is 48.8 Å². The van der Waals surface area contributed by atoms with Crippen LogP contribution in [0.2, 0.25) is 0 Å². The van der Waals surface area contributed by atoms with Gasteiger partial charge in [-0.15, -0.1) is 0 Å². The van der Waals surface area contributed by atoms with Crippen LogP contribution in [0.4, 0.5) is 0 Å². The number of carbonyl (C=O) groups is 1. The minimum atomic E-state index is -1.79. The maximum absolute atomic E-state index is 13.3. The van der Waals surface area contributed by atoms with E-state index in [1.54, 1.807) is 0 Å². The first-order chi connectivity index (χ1) is 39.1. The summed E-state index contributed by atoms with van der Waals surface area (Å²) in [5.41, 5.74) is 0. The van der Waals surface area contributed by atoms with E-state index in [0.717, 1.165) is 57.8 Å². The van der Waals surface area contributed by atoms with Crippen LogP contribution < -0.4 is 5.32 Å². The number of ether oxygens (including phenoxy) is 4. The van der Waals surface area contributed by atoms with Crippen LogP contribution in [0.25, 0.3) is 0 Å². The summed E-state index contributed by atoms with van der Waals surface area (Å²) in [6, 6.07) is -0.862. The Morgan fingerprint density at radius 2 is 0.850 bits per heavy atom. The number of aliphatic hydroxyl groups is 8. The van der Waals surface area contributed by atoms with Gasteiger partial charge in [-0.1, -0.05) is 261 Å². The maximum Gasteiger partial charge on any atom is 0.220 e. The van der Waals surface area contributed by atoms with Crippen LogP contribution in [0.1, 0.15) is 258 Å². The van der Waals surface area contributed by atoms with Crippen molar-refractivity contribution in [3.8, 4) is 0 Å². The number of hydrogen-bond acceptors (Lipinski definition) is 13. The summed E-state index contributed by atoms with van der Waals surface area (Å²) in [6.07, 6.45) is 49.6. The van der Waals surface area contributed by atoms with Gasteiger partial charge in [-0.2, -0.15) is 0 Å². The van der Waals surface area contributed by atoms with Crippen LogP contribution in [0.3, 0.4) is 0 Å². The number of unbranched alkanes of at least 4 members (excludes halogenated alkanes) is 29. The normalized spacial score (nSPS) is 24.6. The molecule has 80 heavy (non-hydrogen) atoms. The fourth-order valence-corrected chi connectivity index (χ4v) is 10.6. The summed E-state index contributed by atoms with van der Waals surface area (Å²) in [6.45, 7) is 2.73. The van der Waals surface area contributed by atoms with Gasteiger partial charge in [-0.3, -0.25) is 4.79 Å². The van der Waals surface area contributed by atoms with Crippen LogP contribution in [-0.4, -0.2) is 140 Å². The second kappa shape index (κ2) is 51.1. The lowest BCUT2D eigenvalue weighted by Crippen LogP contribution is -2.65. The van der Waals surface area contributed by atoms with Crippen LogP contribution in [0, 0.1) is 0 Å². The highest BCUT2D eigenvalue weighted by atomic mass is 16.7. The average Bonchev–Trinajstić information content (AvgIpc) is 3.49. The molecule has 0 bridgehead atoms. The molecule has 1 amide bonds. The second-order valence-electron chi connectivity index (χ2n) is 22.9. The number of rotatable bonds is 52. The largest absolute Gasteiger partial charge is 0.394 e. The first kappa shape index (κ1) is 73.8. The molecule has 2 heterocycles. The minimum Gasteiger partial charge on any atom is -0.394 e. The van der Waals surface area contributed by atoms with Gasteiger partial charge in [-0.25, -0.2) is 0 Å². The van der Waals surface area contributed by atoms with E-state index in [1.165, 1.54) is 161 Å². The lowest BCUT2D eigenvalue weighted by atomic mass is 9.97. The van der Waals surface area contributed by atoms with Crippen LogP contribution in [0.15, 0.2) is 60.8 Å². The van der Waals surface area contributed by atoms with E-state index >= 15 is 0 Å². The van der Waals surface area contributed by atoms with Crippen molar-refractivity contribution in [3.05, 3.63) is 60.8 Å². The molecule has 2 fully saturated rings. The van der Waals surface area contributed by atoms with E-state index in [0.29, 0.717) is 19.3 Å². The predicted molar refractivity (Wildman–Crippen MR) is 323 cm³/mol. The predicted octanol–water partition coefficient (Wildman–Crippen LogP) is 12.1. The van der Waals surface area contributed by atoms with Gasteiger partial charge in [-0.05, 0) is 51.4 Å². The smallest absolute Gasteiger partial charge is 0.220 e. The molecule has 14 nitrogen and oxygen atoms in total. The Morgan fingerprint density at radius 3 is 1.27 bits per heavy atom. The summed E-state index contributed by atoms with van der Waals surface area (Å²) in [7, 11) is 0. The van der Waals surface area contributed by atoms with Gasteiger partial charge >= 0.3 is 0 Å².